The van der Waals surface area contributed by atoms with Crippen molar-refractivity contribution >= 4 is 17.2 Å². The van der Waals surface area contributed by atoms with E-state index >= 15 is 0 Å². The Kier molecular flexibility index (Phi) is 3.12. The van der Waals surface area contributed by atoms with Crippen LogP contribution in [0.3, 0.4) is 0 Å². The van der Waals surface area contributed by atoms with Crippen molar-refractivity contribution in [3.63, 3.8) is 0 Å². The summed E-state index contributed by atoms with van der Waals surface area (Å²) in [6.07, 6.45) is 0.0623. The summed E-state index contributed by atoms with van der Waals surface area (Å²) in [5.74, 6) is -0.112. The van der Waals surface area contributed by atoms with Gasteiger partial charge in [0.15, 0.2) is 0 Å². The van der Waals surface area contributed by atoms with Gasteiger partial charge in [0.1, 0.15) is 0 Å². The fourth-order valence-electron chi connectivity index (χ4n) is 2.52. The van der Waals surface area contributed by atoms with Crippen molar-refractivity contribution in [3.8, 4) is 0 Å². The second-order valence-electron chi connectivity index (χ2n) is 4.83. The predicted octanol–water partition coefficient (Wildman–Crippen LogP) is 2.44. The largest absolute Gasteiger partial charge is 0.390 e. The molecule has 1 amide bonds. The number of thiophene rings is 1. The smallest absolute Gasteiger partial charge is 0.261 e. The predicted molar refractivity (Wildman–Crippen MR) is 75.4 cm³/mol. The SMILES string of the molecule is Cc1ccc(C(=O)NC2c3ccccc3CC2O)s1. The van der Waals surface area contributed by atoms with E-state index in [0.717, 1.165) is 16.0 Å². The number of carbonyl (C=O) groups excluding carboxylic acids is 1. The number of rotatable bonds is 2. The zero-order valence-electron chi connectivity index (χ0n) is 10.6. The number of carbonyl (C=O) groups is 1. The molecule has 3 nitrogen and oxygen atoms in total. The van der Waals surface area contributed by atoms with Gasteiger partial charge in [-0.15, -0.1) is 11.3 Å². The quantitative estimate of drug-likeness (QED) is 0.883. The fourth-order valence-corrected chi connectivity index (χ4v) is 3.29. The topological polar surface area (TPSA) is 49.3 Å². The molecule has 0 saturated heterocycles. The van der Waals surface area contributed by atoms with Gasteiger partial charge >= 0.3 is 0 Å². The maximum Gasteiger partial charge on any atom is 0.261 e. The van der Waals surface area contributed by atoms with Crippen molar-refractivity contribution in [3.05, 3.63) is 57.3 Å². The van der Waals surface area contributed by atoms with Crippen LogP contribution in [0.5, 0.6) is 0 Å². The van der Waals surface area contributed by atoms with Gasteiger partial charge in [0.2, 0.25) is 0 Å². The summed E-state index contributed by atoms with van der Waals surface area (Å²) in [6, 6.07) is 11.3. The summed E-state index contributed by atoms with van der Waals surface area (Å²) in [7, 11) is 0. The number of benzene rings is 1. The van der Waals surface area contributed by atoms with Crippen LogP contribution in [0, 0.1) is 6.92 Å². The molecule has 0 spiro atoms. The van der Waals surface area contributed by atoms with E-state index in [1.165, 1.54) is 11.3 Å². The second-order valence-corrected chi connectivity index (χ2v) is 6.12. The molecular weight excluding hydrogens is 258 g/mol. The first-order valence-corrected chi connectivity index (χ1v) is 7.10. The van der Waals surface area contributed by atoms with Crippen molar-refractivity contribution in [1.82, 2.24) is 5.32 Å². The molecule has 0 saturated carbocycles. The first-order chi connectivity index (χ1) is 9.15. The highest BCUT2D eigenvalue weighted by atomic mass is 32.1. The van der Waals surface area contributed by atoms with E-state index in [-0.39, 0.29) is 11.9 Å². The van der Waals surface area contributed by atoms with Crippen LogP contribution >= 0.6 is 11.3 Å². The summed E-state index contributed by atoms with van der Waals surface area (Å²) < 4.78 is 0. The molecule has 2 unspecified atom stereocenters. The number of aliphatic hydroxyl groups is 1. The van der Waals surface area contributed by atoms with Crippen LogP contribution in [-0.2, 0) is 6.42 Å². The van der Waals surface area contributed by atoms with Gasteiger partial charge < -0.3 is 10.4 Å². The lowest BCUT2D eigenvalue weighted by Gasteiger charge is -2.17. The minimum Gasteiger partial charge on any atom is -0.390 e. The number of nitrogens with one attached hydrogen (secondary N) is 1. The van der Waals surface area contributed by atoms with Crippen LogP contribution < -0.4 is 5.32 Å². The van der Waals surface area contributed by atoms with E-state index < -0.39 is 6.10 Å². The normalized spacial score (nSPS) is 21.2. The molecule has 4 heteroatoms. The maximum atomic E-state index is 12.2. The summed E-state index contributed by atoms with van der Waals surface area (Å²) in [5.41, 5.74) is 2.14. The third kappa shape index (κ3) is 2.29. The van der Waals surface area contributed by atoms with Gasteiger partial charge in [0.25, 0.3) is 5.91 Å². The van der Waals surface area contributed by atoms with Gasteiger partial charge in [-0.1, -0.05) is 24.3 Å². The molecule has 98 valence electrons. The number of aryl methyl sites for hydroxylation is 1. The molecule has 1 aromatic heterocycles. The van der Waals surface area contributed by atoms with E-state index in [2.05, 4.69) is 5.32 Å². The maximum absolute atomic E-state index is 12.2. The van der Waals surface area contributed by atoms with Gasteiger partial charge in [-0.25, -0.2) is 0 Å². The van der Waals surface area contributed by atoms with Gasteiger partial charge in [0, 0.05) is 11.3 Å². The molecule has 0 fully saturated rings. The first-order valence-electron chi connectivity index (χ1n) is 6.28. The van der Waals surface area contributed by atoms with Gasteiger partial charge in [-0.2, -0.15) is 0 Å². The Labute approximate surface area is 115 Å². The van der Waals surface area contributed by atoms with E-state index in [9.17, 15) is 9.90 Å². The highest BCUT2D eigenvalue weighted by molar-refractivity contribution is 7.13. The number of amides is 1. The molecule has 1 aliphatic rings. The molecule has 1 aliphatic carbocycles. The molecule has 0 radical (unpaired) electrons. The number of fused-ring (bicyclic) bond motifs is 1. The molecule has 2 atom stereocenters. The lowest BCUT2D eigenvalue weighted by molar-refractivity contribution is 0.0862. The Morgan fingerprint density at radius 1 is 1.32 bits per heavy atom. The van der Waals surface area contributed by atoms with Gasteiger partial charge in [-0.3, -0.25) is 4.79 Å². The standard InChI is InChI=1S/C15H15NO2S/c1-9-6-7-13(19-9)15(18)16-14-11-5-3-2-4-10(11)8-12(14)17/h2-7,12,14,17H,8H2,1H3,(H,16,18). The molecule has 1 aromatic carbocycles. The third-order valence-electron chi connectivity index (χ3n) is 3.45. The highest BCUT2D eigenvalue weighted by Gasteiger charge is 2.32. The third-order valence-corrected chi connectivity index (χ3v) is 4.45. The van der Waals surface area contributed by atoms with Gasteiger partial charge in [-0.05, 0) is 30.2 Å². The zero-order valence-corrected chi connectivity index (χ0v) is 11.4. The molecule has 3 rings (SSSR count). The number of hydrogen-bond acceptors (Lipinski definition) is 3. The Balaban J connectivity index is 1.82. The molecule has 2 aromatic rings. The lowest BCUT2D eigenvalue weighted by Crippen LogP contribution is -2.33. The Morgan fingerprint density at radius 2 is 2.11 bits per heavy atom. The Hall–Kier alpha value is -1.65. The molecule has 0 aliphatic heterocycles. The molecular formula is C15H15NO2S. The second kappa shape index (κ2) is 4.79. The van der Waals surface area contributed by atoms with Crippen molar-refractivity contribution < 1.29 is 9.90 Å². The minimum atomic E-state index is -0.539. The molecule has 2 N–H and O–H groups in total. The molecule has 19 heavy (non-hydrogen) atoms. The van der Waals surface area contributed by atoms with E-state index in [4.69, 9.17) is 0 Å². The average molecular weight is 273 g/mol. The van der Waals surface area contributed by atoms with E-state index in [1.54, 1.807) is 0 Å². The summed E-state index contributed by atoms with van der Waals surface area (Å²) >= 11 is 1.47. The van der Waals surface area contributed by atoms with Crippen LogP contribution in [0.4, 0.5) is 0 Å². The van der Waals surface area contributed by atoms with Crippen molar-refractivity contribution in [2.45, 2.75) is 25.5 Å². The van der Waals surface area contributed by atoms with Crippen LogP contribution in [-0.4, -0.2) is 17.1 Å². The number of hydrogen-bond donors (Lipinski definition) is 2. The lowest BCUT2D eigenvalue weighted by atomic mass is 10.1. The number of aliphatic hydroxyl groups excluding tert-OH is 1. The molecule has 0 bridgehead atoms. The van der Waals surface area contributed by atoms with Gasteiger partial charge in [0.05, 0.1) is 17.0 Å². The van der Waals surface area contributed by atoms with E-state index in [0.29, 0.717) is 11.3 Å². The van der Waals surface area contributed by atoms with Crippen LogP contribution in [0.15, 0.2) is 36.4 Å². The first kappa shape index (κ1) is 12.4. The van der Waals surface area contributed by atoms with E-state index in [1.807, 2.05) is 43.3 Å². The zero-order chi connectivity index (χ0) is 13.4. The minimum absolute atomic E-state index is 0.112. The summed E-state index contributed by atoms with van der Waals surface area (Å²) in [4.78, 5) is 14.0. The fraction of sp³-hybridized carbons (Fsp3) is 0.267. The summed E-state index contributed by atoms with van der Waals surface area (Å²) in [5, 5.41) is 13.0. The molecule has 1 heterocycles. The van der Waals surface area contributed by atoms with Crippen molar-refractivity contribution in [2.75, 3.05) is 0 Å². The van der Waals surface area contributed by atoms with Crippen molar-refractivity contribution in [1.29, 1.82) is 0 Å². The Bertz CT molecular complexity index is 620. The van der Waals surface area contributed by atoms with Crippen LogP contribution in [0.1, 0.15) is 31.7 Å². The van der Waals surface area contributed by atoms with Crippen molar-refractivity contribution in [2.24, 2.45) is 0 Å². The Morgan fingerprint density at radius 3 is 2.84 bits per heavy atom. The van der Waals surface area contributed by atoms with Crippen LogP contribution in [0.25, 0.3) is 0 Å². The van der Waals surface area contributed by atoms with Crippen LogP contribution in [0.2, 0.25) is 0 Å². The monoisotopic (exact) mass is 273 g/mol. The summed E-state index contributed by atoms with van der Waals surface area (Å²) in [6.45, 7) is 1.97. The average Bonchev–Trinajstić information content (AvgIpc) is 2.95. The highest BCUT2D eigenvalue weighted by Crippen LogP contribution is 2.31.